The highest BCUT2D eigenvalue weighted by molar-refractivity contribution is 5.91. The Bertz CT molecular complexity index is 889. The summed E-state index contributed by atoms with van der Waals surface area (Å²) in [4.78, 5) is 40.0. The Morgan fingerprint density at radius 1 is 1.30 bits per heavy atom. The Labute approximate surface area is 194 Å². The van der Waals surface area contributed by atoms with Gasteiger partial charge in [0.1, 0.15) is 0 Å². The number of rotatable bonds is 3. The molecule has 10 heteroatoms. The molecule has 0 aliphatic carbocycles. The zero-order valence-corrected chi connectivity index (χ0v) is 19.2. The maximum absolute atomic E-state index is 13.2. The molecule has 3 amide bonds. The normalized spacial score (nSPS) is 27.4. The number of carbonyl (C=O) groups excluding carboxylic acids is 3. The summed E-state index contributed by atoms with van der Waals surface area (Å²) >= 11 is 0. The summed E-state index contributed by atoms with van der Waals surface area (Å²) in [6.07, 6.45) is 9.53. The largest absolute Gasteiger partial charge is 0.381 e. The second-order valence-corrected chi connectivity index (χ2v) is 9.37. The lowest BCUT2D eigenvalue weighted by atomic mass is 9.74. The molecule has 2 atom stereocenters. The molecule has 2 fully saturated rings. The number of fused-ring (bicyclic) bond motifs is 1. The lowest BCUT2D eigenvalue weighted by Gasteiger charge is -2.40. The summed E-state index contributed by atoms with van der Waals surface area (Å²) in [7, 11) is 1.80. The third-order valence-corrected chi connectivity index (χ3v) is 6.99. The second-order valence-electron chi connectivity index (χ2n) is 9.37. The van der Waals surface area contributed by atoms with Gasteiger partial charge in [-0.1, -0.05) is 12.2 Å². The van der Waals surface area contributed by atoms with Gasteiger partial charge >= 0.3 is 0 Å². The fraction of sp³-hybridized carbons (Fsp3) is 0.652. The van der Waals surface area contributed by atoms with Crippen LogP contribution in [0.2, 0.25) is 0 Å². The van der Waals surface area contributed by atoms with Crippen LogP contribution in [0.3, 0.4) is 0 Å². The van der Waals surface area contributed by atoms with E-state index in [1.54, 1.807) is 24.0 Å². The van der Waals surface area contributed by atoms with Crippen molar-refractivity contribution in [2.24, 2.45) is 18.4 Å². The monoisotopic (exact) mass is 458 g/mol. The van der Waals surface area contributed by atoms with Crippen molar-refractivity contribution in [1.82, 2.24) is 25.3 Å². The quantitative estimate of drug-likeness (QED) is 0.566. The van der Waals surface area contributed by atoms with Crippen LogP contribution in [0.25, 0.3) is 0 Å². The number of piperidine rings is 1. The fourth-order valence-electron chi connectivity index (χ4n) is 4.94. The van der Waals surface area contributed by atoms with Gasteiger partial charge in [-0.05, 0) is 45.2 Å². The smallest absolute Gasteiger partial charge is 0.239 e. The van der Waals surface area contributed by atoms with Gasteiger partial charge in [-0.15, -0.1) is 0 Å². The zero-order chi connectivity index (χ0) is 23.3. The lowest BCUT2D eigenvalue weighted by Crippen LogP contribution is -2.53. The highest BCUT2D eigenvalue weighted by Gasteiger charge is 2.41. The number of carbonyl (C=O) groups is 3. The molecule has 2 saturated heterocycles. The number of hydrogen-bond acceptors (Lipinski definition) is 6. The summed E-state index contributed by atoms with van der Waals surface area (Å²) in [5.41, 5.74) is -0.563. The Hall–Kier alpha value is -2.72. The summed E-state index contributed by atoms with van der Waals surface area (Å²) in [5.74, 6) is 0.439. The van der Waals surface area contributed by atoms with Crippen LogP contribution < -0.4 is 16.0 Å². The van der Waals surface area contributed by atoms with Crippen molar-refractivity contribution in [3.63, 3.8) is 0 Å². The van der Waals surface area contributed by atoms with Gasteiger partial charge in [0.05, 0.1) is 25.1 Å². The number of likely N-dealkylation sites (tertiary alicyclic amines) is 1. The van der Waals surface area contributed by atoms with Crippen molar-refractivity contribution >= 4 is 23.5 Å². The maximum Gasteiger partial charge on any atom is 0.239 e. The van der Waals surface area contributed by atoms with E-state index in [1.165, 1.54) is 0 Å². The van der Waals surface area contributed by atoms with Crippen LogP contribution in [-0.2, 0) is 26.2 Å². The molecule has 1 aromatic rings. The number of ether oxygens (including phenoxy) is 1. The zero-order valence-electron chi connectivity index (χ0n) is 19.2. The van der Waals surface area contributed by atoms with Gasteiger partial charge < -0.3 is 20.7 Å². The molecule has 180 valence electrons. The summed E-state index contributed by atoms with van der Waals surface area (Å²) in [6, 6.07) is 1.84. The summed E-state index contributed by atoms with van der Waals surface area (Å²) in [5, 5.41) is 12.9. The lowest BCUT2D eigenvalue weighted by molar-refractivity contribution is -0.136. The van der Waals surface area contributed by atoms with E-state index in [-0.39, 0.29) is 42.8 Å². The predicted molar refractivity (Wildman–Crippen MR) is 122 cm³/mol. The number of anilines is 1. The van der Waals surface area contributed by atoms with E-state index < -0.39 is 5.41 Å². The molecular formula is C23H34N6O4. The molecule has 1 spiro atoms. The minimum Gasteiger partial charge on any atom is -0.381 e. The first-order valence-corrected chi connectivity index (χ1v) is 11.8. The average molecular weight is 459 g/mol. The van der Waals surface area contributed by atoms with Gasteiger partial charge in [0.2, 0.25) is 17.7 Å². The number of hydrogen-bond donors (Lipinski definition) is 3. The number of aromatic nitrogens is 2. The van der Waals surface area contributed by atoms with E-state index >= 15 is 0 Å². The van der Waals surface area contributed by atoms with Gasteiger partial charge in [0.25, 0.3) is 0 Å². The third kappa shape index (κ3) is 6.00. The van der Waals surface area contributed by atoms with Gasteiger partial charge in [-0.25, -0.2) is 0 Å². The molecule has 0 unspecified atom stereocenters. The molecule has 3 aliphatic rings. The summed E-state index contributed by atoms with van der Waals surface area (Å²) in [6.45, 7) is 2.82. The third-order valence-electron chi connectivity index (χ3n) is 6.99. The maximum atomic E-state index is 13.2. The van der Waals surface area contributed by atoms with Crippen molar-refractivity contribution in [2.45, 2.75) is 38.1 Å². The molecule has 33 heavy (non-hydrogen) atoms. The first-order valence-electron chi connectivity index (χ1n) is 11.8. The topological polar surface area (TPSA) is 118 Å². The number of allylic oxidation sites excluding steroid dienone is 2. The van der Waals surface area contributed by atoms with E-state index in [2.05, 4.69) is 38.1 Å². The number of amides is 3. The Kier molecular flexibility index (Phi) is 7.44. The highest BCUT2D eigenvalue weighted by Crippen LogP contribution is 2.36. The van der Waals surface area contributed by atoms with Crippen LogP contribution in [0.4, 0.5) is 5.82 Å². The summed E-state index contributed by atoms with van der Waals surface area (Å²) < 4.78 is 7.25. The van der Waals surface area contributed by atoms with Crippen LogP contribution in [-0.4, -0.2) is 77.8 Å². The first kappa shape index (κ1) is 23.4. The Balaban J connectivity index is 1.35. The van der Waals surface area contributed by atoms with Gasteiger partial charge in [-0.3, -0.25) is 24.0 Å². The molecule has 4 rings (SSSR count). The standard InChI is InChI=1S/C23H34N6O4/c1-28-10-5-19(27-28)26-21(31)15-29-11-8-23(9-12-29)7-3-2-4-17-16-33-13-6-18(17)25-20(30)14-24-22(23)32/h2-3,5,10,17-18H,4,6-9,11-16H2,1H3,(H,24,32)(H,25,30)(H,26,27,31)/b3-2+/t17-,18-/m0/s1. The molecule has 3 aliphatic heterocycles. The SMILES string of the molecule is Cn1ccc(NC(=O)CN2CCC3(C/C=C/C[C@H]4COCC[C@@H]4NC(=O)CNC3=O)CC2)n1. The Morgan fingerprint density at radius 2 is 2.12 bits per heavy atom. The Morgan fingerprint density at radius 3 is 2.88 bits per heavy atom. The number of aryl methyl sites for hydroxylation is 1. The van der Waals surface area contributed by atoms with Crippen molar-refractivity contribution in [2.75, 3.05) is 44.7 Å². The van der Waals surface area contributed by atoms with E-state index in [1.807, 2.05) is 0 Å². The van der Waals surface area contributed by atoms with E-state index in [4.69, 9.17) is 4.74 Å². The van der Waals surface area contributed by atoms with E-state index in [0.29, 0.717) is 51.4 Å². The average Bonchev–Trinajstić information content (AvgIpc) is 3.21. The first-order chi connectivity index (χ1) is 15.9. The molecule has 0 saturated carbocycles. The van der Waals surface area contributed by atoms with Crippen molar-refractivity contribution in [3.05, 3.63) is 24.4 Å². The van der Waals surface area contributed by atoms with Crippen LogP contribution in [0.15, 0.2) is 24.4 Å². The molecule has 10 nitrogen and oxygen atoms in total. The molecule has 0 aromatic carbocycles. The van der Waals surface area contributed by atoms with Gasteiger partial charge in [-0.2, -0.15) is 5.10 Å². The van der Waals surface area contributed by atoms with Crippen LogP contribution in [0.1, 0.15) is 32.1 Å². The van der Waals surface area contributed by atoms with E-state index in [0.717, 1.165) is 12.8 Å². The van der Waals surface area contributed by atoms with Crippen molar-refractivity contribution in [3.8, 4) is 0 Å². The molecule has 4 heterocycles. The van der Waals surface area contributed by atoms with Gasteiger partial charge in [0, 0.05) is 37.9 Å². The second kappa shape index (κ2) is 10.5. The molecular weight excluding hydrogens is 424 g/mol. The predicted octanol–water partition coefficient (Wildman–Crippen LogP) is 0.428. The van der Waals surface area contributed by atoms with Crippen molar-refractivity contribution < 1.29 is 19.1 Å². The molecule has 0 radical (unpaired) electrons. The van der Waals surface area contributed by atoms with Gasteiger partial charge in [0.15, 0.2) is 5.82 Å². The number of nitrogens with one attached hydrogen (secondary N) is 3. The van der Waals surface area contributed by atoms with Crippen LogP contribution in [0, 0.1) is 11.3 Å². The minimum atomic E-state index is -0.563. The van der Waals surface area contributed by atoms with E-state index in [9.17, 15) is 14.4 Å². The van der Waals surface area contributed by atoms with Crippen LogP contribution in [0.5, 0.6) is 0 Å². The van der Waals surface area contributed by atoms with Crippen molar-refractivity contribution in [1.29, 1.82) is 0 Å². The molecule has 0 bridgehead atoms. The fourth-order valence-corrected chi connectivity index (χ4v) is 4.94. The molecule has 1 aromatic heterocycles. The minimum absolute atomic E-state index is 0.00935. The molecule has 3 N–H and O–H groups in total. The highest BCUT2D eigenvalue weighted by atomic mass is 16.5. The van der Waals surface area contributed by atoms with Crippen LogP contribution >= 0.6 is 0 Å². The number of nitrogens with zero attached hydrogens (tertiary/aromatic N) is 3.